The van der Waals surface area contributed by atoms with E-state index in [-0.39, 0.29) is 23.3 Å². The number of anilines is 1. The van der Waals surface area contributed by atoms with E-state index in [4.69, 9.17) is 0 Å². The van der Waals surface area contributed by atoms with E-state index in [1.807, 2.05) is 6.07 Å². The van der Waals surface area contributed by atoms with E-state index >= 15 is 0 Å². The van der Waals surface area contributed by atoms with Crippen molar-refractivity contribution in [1.82, 2.24) is 0 Å². The van der Waals surface area contributed by atoms with Crippen molar-refractivity contribution in [2.45, 2.75) is 52.9 Å². The fourth-order valence-corrected chi connectivity index (χ4v) is 3.73. The van der Waals surface area contributed by atoms with Gasteiger partial charge in [0.05, 0.1) is 0 Å². The fraction of sp³-hybridized carbons (Fsp3) is 0.458. The maximum atomic E-state index is 11.5. The zero-order valence-corrected chi connectivity index (χ0v) is 18.1. The van der Waals surface area contributed by atoms with Crippen molar-refractivity contribution in [3.05, 3.63) is 47.0 Å². The first kappa shape index (κ1) is 22.8. The van der Waals surface area contributed by atoms with Gasteiger partial charge in [-0.05, 0) is 67.0 Å². The summed E-state index contributed by atoms with van der Waals surface area (Å²) in [7, 11) is 0. The van der Waals surface area contributed by atoms with E-state index in [1.54, 1.807) is 6.07 Å². The van der Waals surface area contributed by atoms with Gasteiger partial charge < -0.3 is 20.2 Å². The molecule has 0 bridgehead atoms. The van der Waals surface area contributed by atoms with E-state index in [0.717, 1.165) is 24.2 Å². The number of benzene rings is 2. The Morgan fingerprint density at radius 1 is 1.07 bits per heavy atom. The predicted octanol–water partition coefficient (Wildman–Crippen LogP) is 4.83. The Hall–Kier alpha value is -2.53. The van der Waals surface area contributed by atoms with E-state index in [9.17, 15) is 20.1 Å². The van der Waals surface area contributed by atoms with Crippen LogP contribution in [0, 0.1) is 0 Å². The van der Waals surface area contributed by atoms with Crippen LogP contribution >= 0.6 is 0 Å². The average molecular weight is 400 g/mol. The number of hydrogen-bond donors (Lipinski definition) is 3. The minimum absolute atomic E-state index is 0.0235. The molecule has 0 saturated heterocycles. The van der Waals surface area contributed by atoms with Gasteiger partial charge in [0.25, 0.3) is 0 Å². The molecule has 0 spiro atoms. The van der Waals surface area contributed by atoms with Crippen molar-refractivity contribution in [3.63, 3.8) is 0 Å². The monoisotopic (exact) mass is 399 g/mol. The quantitative estimate of drug-likeness (QED) is 0.593. The molecule has 29 heavy (non-hydrogen) atoms. The molecule has 5 heteroatoms. The van der Waals surface area contributed by atoms with Crippen molar-refractivity contribution in [3.8, 4) is 16.9 Å². The maximum absolute atomic E-state index is 11.5. The molecule has 158 valence electrons. The average Bonchev–Trinajstić information content (AvgIpc) is 2.67. The Bertz CT molecular complexity index is 864. The molecule has 0 unspecified atom stereocenters. The molecule has 0 saturated carbocycles. The zero-order valence-electron chi connectivity index (χ0n) is 18.1. The third kappa shape index (κ3) is 4.91. The van der Waals surface area contributed by atoms with E-state index in [1.165, 1.54) is 17.3 Å². The van der Waals surface area contributed by atoms with E-state index in [0.29, 0.717) is 18.4 Å². The van der Waals surface area contributed by atoms with Crippen molar-refractivity contribution in [2.75, 3.05) is 24.6 Å². The number of carbonyl (C=O) groups is 1. The molecule has 0 fully saturated rings. The molecule has 0 atom stereocenters. The van der Waals surface area contributed by atoms with E-state index < -0.39 is 5.97 Å². The Kier molecular flexibility index (Phi) is 7.31. The largest absolute Gasteiger partial charge is 0.507 e. The summed E-state index contributed by atoms with van der Waals surface area (Å²) in [4.78, 5) is 13.8. The summed E-state index contributed by atoms with van der Waals surface area (Å²) >= 11 is 0. The minimum Gasteiger partial charge on any atom is -0.507 e. The predicted molar refractivity (Wildman–Crippen MR) is 118 cm³/mol. The Morgan fingerprint density at radius 3 is 2.24 bits per heavy atom. The smallest absolute Gasteiger partial charge is 0.339 e. The molecule has 0 aliphatic carbocycles. The van der Waals surface area contributed by atoms with Crippen LogP contribution in [0.1, 0.15) is 62.5 Å². The number of rotatable bonds is 8. The van der Waals surface area contributed by atoms with Gasteiger partial charge in [-0.2, -0.15) is 0 Å². The van der Waals surface area contributed by atoms with Gasteiger partial charge in [0.1, 0.15) is 11.3 Å². The molecule has 2 aromatic rings. The molecule has 3 N–H and O–H groups in total. The Labute approximate surface area is 173 Å². The number of aliphatic hydroxyl groups is 1. The second kappa shape index (κ2) is 9.31. The van der Waals surface area contributed by atoms with Crippen molar-refractivity contribution in [1.29, 1.82) is 0 Å². The fourth-order valence-electron chi connectivity index (χ4n) is 3.73. The van der Waals surface area contributed by atoms with Gasteiger partial charge in [-0.25, -0.2) is 4.79 Å². The summed E-state index contributed by atoms with van der Waals surface area (Å²) in [6.45, 7) is 12.6. The summed E-state index contributed by atoms with van der Waals surface area (Å²) in [6, 6.07) is 9.49. The lowest BCUT2D eigenvalue weighted by Crippen LogP contribution is -2.26. The topological polar surface area (TPSA) is 81.0 Å². The van der Waals surface area contributed by atoms with Gasteiger partial charge in [-0.1, -0.05) is 32.9 Å². The van der Waals surface area contributed by atoms with Crippen LogP contribution in [-0.4, -0.2) is 41.0 Å². The lowest BCUT2D eigenvalue weighted by Gasteiger charge is -2.31. The number of nitrogens with zero attached hydrogens (tertiary/aromatic N) is 1. The maximum Gasteiger partial charge on any atom is 0.339 e. The molecule has 0 heterocycles. The summed E-state index contributed by atoms with van der Waals surface area (Å²) in [5, 5.41) is 29.2. The zero-order chi connectivity index (χ0) is 21.8. The van der Waals surface area contributed by atoms with E-state index in [2.05, 4.69) is 51.7 Å². The van der Waals surface area contributed by atoms with Crippen molar-refractivity contribution in [2.24, 2.45) is 0 Å². The molecule has 0 radical (unpaired) electrons. The molecular weight excluding hydrogens is 366 g/mol. The number of hydrogen-bond acceptors (Lipinski definition) is 4. The van der Waals surface area contributed by atoms with Crippen molar-refractivity contribution >= 4 is 11.7 Å². The summed E-state index contributed by atoms with van der Waals surface area (Å²) in [6.07, 6.45) is 0.856. The van der Waals surface area contributed by atoms with Crippen LogP contribution < -0.4 is 4.90 Å². The van der Waals surface area contributed by atoms with Gasteiger partial charge in [-0.3, -0.25) is 0 Å². The second-order valence-electron chi connectivity index (χ2n) is 8.27. The standard InChI is InChI=1S/C24H33NO4/c1-6-25(7-2)21-13-10-16(15-20(21)24(3,4)5)17-11-12-19(23(28)29)22(27)18(17)9-8-14-26/h10-13,15,26-27H,6-9,14H2,1-5H3,(H,28,29). The van der Waals surface area contributed by atoms with Gasteiger partial charge in [0, 0.05) is 30.9 Å². The third-order valence-electron chi connectivity index (χ3n) is 5.32. The number of aromatic hydroxyl groups is 1. The molecule has 0 aliphatic heterocycles. The third-order valence-corrected chi connectivity index (χ3v) is 5.32. The number of aromatic carboxylic acids is 1. The summed E-state index contributed by atoms with van der Waals surface area (Å²) < 4.78 is 0. The lowest BCUT2D eigenvalue weighted by atomic mass is 9.82. The van der Waals surface area contributed by atoms with Crippen LogP contribution in [-0.2, 0) is 11.8 Å². The highest BCUT2D eigenvalue weighted by Gasteiger charge is 2.23. The van der Waals surface area contributed by atoms with Crippen LogP contribution in [0.25, 0.3) is 11.1 Å². The molecule has 2 aromatic carbocycles. The number of carboxylic acids is 1. The number of aliphatic hydroxyl groups excluding tert-OH is 1. The SMILES string of the molecule is CCN(CC)c1ccc(-c2ccc(C(=O)O)c(O)c2CCCO)cc1C(C)(C)C. The highest BCUT2D eigenvalue weighted by molar-refractivity contribution is 5.93. The molecular formula is C24H33NO4. The highest BCUT2D eigenvalue weighted by atomic mass is 16.4. The Balaban J connectivity index is 2.70. The minimum atomic E-state index is -1.16. The second-order valence-corrected chi connectivity index (χ2v) is 8.27. The number of carboxylic acid groups (broad SMARTS) is 1. The first-order valence-electron chi connectivity index (χ1n) is 10.2. The molecule has 0 aromatic heterocycles. The molecule has 0 aliphatic rings. The van der Waals surface area contributed by atoms with Gasteiger partial charge in [-0.15, -0.1) is 0 Å². The van der Waals surface area contributed by atoms with Crippen molar-refractivity contribution < 1.29 is 20.1 Å². The van der Waals surface area contributed by atoms with Crippen LogP contribution in [0.3, 0.4) is 0 Å². The lowest BCUT2D eigenvalue weighted by molar-refractivity contribution is 0.0693. The Morgan fingerprint density at radius 2 is 1.72 bits per heavy atom. The first-order chi connectivity index (χ1) is 13.6. The summed E-state index contributed by atoms with van der Waals surface area (Å²) in [5.41, 5.74) is 4.50. The van der Waals surface area contributed by atoms with Crippen LogP contribution in [0.5, 0.6) is 5.75 Å². The van der Waals surface area contributed by atoms with Crippen LogP contribution in [0.2, 0.25) is 0 Å². The van der Waals surface area contributed by atoms with Gasteiger partial charge >= 0.3 is 5.97 Å². The summed E-state index contributed by atoms with van der Waals surface area (Å²) in [5.74, 6) is -1.37. The first-order valence-corrected chi connectivity index (χ1v) is 10.2. The number of phenols is 1. The molecule has 0 amide bonds. The van der Waals surface area contributed by atoms with Crippen LogP contribution in [0.15, 0.2) is 30.3 Å². The van der Waals surface area contributed by atoms with Gasteiger partial charge in [0.2, 0.25) is 0 Å². The molecule has 5 nitrogen and oxygen atoms in total. The normalized spacial score (nSPS) is 11.5. The van der Waals surface area contributed by atoms with Crippen LogP contribution in [0.4, 0.5) is 5.69 Å². The van der Waals surface area contributed by atoms with Gasteiger partial charge in [0.15, 0.2) is 0 Å². The highest BCUT2D eigenvalue weighted by Crippen LogP contribution is 2.39. The molecule has 2 rings (SSSR count).